The van der Waals surface area contributed by atoms with Crippen LogP contribution in [0.1, 0.15) is 11.3 Å². The number of hydrogen-bond acceptors (Lipinski definition) is 4. The highest BCUT2D eigenvalue weighted by atomic mass is 79.9. The van der Waals surface area contributed by atoms with Gasteiger partial charge in [0.25, 0.3) is 0 Å². The minimum Gasteiger partial charge on any atom is -0.465 e. The number of halogens is 3. The summed E-state index contributed by atoms with van der Waals surface area (Å²) in [6.45, 7) is 2.59. The number of morpholine rings is 1. The predicted molar refractivity (Wildman–Crippen MR) is 123 cm³/mol. The molecule has 1 aromatic carbocycles. The lowest BCUT2D eigenvalue weighted by Gasteiger charge is -2.31. The predicted octanol–water partition coefficient (Wildman–Crippen LogP) is 4.46. The van der Waals surface area contributed by atoms with Gasteiger partial charge in [0.1, 0.15) is 17.3 Å². The molecule has 1 amide bonds. The molecule has 0 radical (unpaired) electrons. The molecule has 176 valence electrons. The van der Waals surface area contributed by atoms with Gasteiger partial charge in [-0.1, -0.05) is 0 Å². The molecule has 1 aliphatic heterocycles. The number of carbonyl (C=O) groups is 1. The van der Waals surface area contributed by atoms with E-state index in [0.717, 1.165) is 5.56 Å². The second-order valence-corrected chi connectivity index (χ2v) is 9.07. The van der Waals surface area contributed by atoms with Crippen LogP contribution in [0.4, 0.5) is 13.6 Å². The number of hydrogen-bond donors (Lipinski definition) is 1. The minimum atomic E-state index is -1.03. The van der Waals surface area contributed by atoms with Gasteiger partial charge in [0.05, 0.1) is 52.6 Å². The van der Waals surface area contributed by atoms with Crippen LogP contribution in [-0.4, -0.2) is 61.1 Å². The van der Waals surface area contributed by atoms with Gasteiger partial charge in [0.15, 0.2) is 0 Å². The quantitative estimate of drug-likeness (QED) is 0.420. The van der Waals surface area contributed by atoms with Crippen molar-refractivity contribution in [1.82, 2.24) is 24.1 Å². The monoisotopic (exact) mass is 531 g/mol. The smallest absolute Gasteiger partial charge is 0.407 e. The number of aromatic nitrogens is 4. The van der Waals surface area contributed by atoms with Crippen LogP contribution in [0.2, 0.25) is 0 Å². The van der Waals surface area contributed by atoms with E-state index in [1.807, 2.05) is 19.1 Å². The Kier molecular flexibility index (Phi) is 5.82. The fraction of sp³-hybridized carbons (Fsp3) is 0.261. The van der Waals surface area contributed by atoms with E-state index in [4.69, 9.17) is 4.74 Å². The number of aryl methyl sites for hydroxylation is 1. The maximum absolute atomic E-state index is 15.4. The first-order valence-electron chi connectivity index (χ1n) is 10.6. The highest BCUT2D eigenvalue weighted by molar-refractivity contribution is 9.10. The molecule has 0 aliphatic carbocycles. The lowest BCUT2D eigenvalue weighted by molar-refractivity contribution is -0.0214. The Balaban J connectivity index is 1.60. The molecule has 0 bridgehead atoms. The number of pyridine rings is 1. The van der Waals surface area contributed by atoms with Crippen LogP contribution in [0, 0.1) is 18.6 Å². The largest absolute Gasteiger partial charge is 0.465 e. The van der Waals surface area contributed by atoms with Gasteiger partial charge in [0, 0.05) is 37.5 Å². The van der Waals surface area contributed by atoms with Crippen LogP contribution in [0.3, 0.4) is 0 Å². The molecule has 0 spiro atoms. The molecule has 34 heavy (non-hydrogen) atoms. The molecule has 3 aromatic heterocycles. The van der Waals surface area contributed by atoms with Gasteiger partial charge in [-0.2, -0.15) is 5.10 Å². The summed E-state index contributed by atoms with van der Waals surface area (Å²) in [5.74, 6) is -1.56. The second kappa shape index (κ2) is 8.80. The van der Waals surface area contributed by atoms with E-state index in [1.54, 1.807) is 16.8 Å². The van der Waals surface area contributed by atoms with Gasteiger partial charge in [-0.05, 0) is 40.5 Å². The molecule has 11 heteroatoms. The van der Waals surface area contributed by atoms with Crippen LogP contribution in [0.5, 0.6) is 0 Å². The van der Waals surface area contributed by atoms with Crippen molar-refractivity contribution in [2.75, 3.05) is 19.7 Å². The Morgan fingerprint density at radius 3 is 2.74 bits per heavy atom. The molecule has 1 saturated heterocycles. The molecule has 1 atom stereocenters. The molecule has 0 unspecified atom stereocenters. The molecule has 1 aliphatic rings. The second-order valence-electron chi connectivity index (χ2n) is 8.15. The normalized spacial score (nSPS) is 16.4. The number of ether oxygens (including phenoxy) is 1. The number of benzene rings is 1. The average Bonchev–Trinajstić information content (AvgIpc) is 3.37. The lowest BCUT2D eigenvalue weighted by atomic mass is 10.0. The van der Waals surface area contributed by atoms with E-state index < -0.39 is 23.8 Å². The van der Waals surface area contributed by atoms with E-state index in [0.29, 0.717) is 15.8 Å². The van der Waals surface area contributed by atoms with Crippen molar-refractivity contribution in [3.8, 4) is 16.9 Å². The van der Waals surface area contributed by atoms with Crippen LogP contribution >= 0.6 is 15.9 Å². The van der Waals surface area contributed by atoms with Gasteiger partial charge in [-0.15, -0.1) is 0 Å². The van der Waals surface area contributed by atoms with Crippen LogP contribution in [0.15, 0.2) is 47.3 Å². The van der Waals surface area contributed by atoms with Gasteiger partial charge in [-0.3, -0.25) is 0 Å². The molecule has 8 nitrogen and oxygen atoms in total. The fourth-order valence-corrected chi connectivity index (χ4v) is 4.47. The first-order valence-corrected chi connectivity index (χ1v) is 11.4. The third-order valence-corrected chi connectivity index (χ3v) is 6.20. The Morgan fingerprint density at radius 1 is 1.29 bits per heavy atom. The van der Waals surface area contributed by atoms with Gasteiger partial charge in [0.2, 0.25) is 0 Å². The molecule has 1 fully saturated rings. The van der Waals surface area contributed by atoms with Gasteiger partial charge in [-0.25, -0.2) is 23.2 Å². The molecule has 5 rings (SSSR count). The SMILES string of the molecule is Cc1ccn2c(C[C@H]3CN(C(=O)O)CCO3)c(-c3c(F)cc(-n4cc(Br)cn4)cc3F)nc2c1. The third kappa shape index (κ3) is 4.16. The fourth-order valence-electron chi connectivity index (χ4n) is 4.19. The van der Waals surface area contributed by atoms with Crippen molar-refractivity contribution < 1.29 is 23.4 Å². The number of rotatable bonds is 4. The Labute approximate surface area is 201 Å². The Bertz CT molecular complexity index is 1380. The number of amides is 1. The summed E-state index contributed by atoms with van der Waals surface area (Å²) in [6.07, 6.45) is 3.64. The zero-order valence-corrected chi connectivity index (χ0v) is 19.7. The summed E-state index contributed by atoms with van der Waals surface area (Å²) in [5.41, 5.74) is 2.16. The topological polar surface area (TPSA) is 84.9 Å². The standard InChI is InChI=1S/C23H20BrF2N5O3/c1-13-2-3-30-19(9-16-12-29(23(32)33)4-5-34-16)22(28-20(30)6-13)21-17(25)7-15(8-18(21)26)31-11-14(24)10-27-31/h2-3,6-8,10-11,16H,4-5,9,12H2,1H3,(H,32,33)/t16-/m0/s1. The molecular weight excluding hydrogens is 512 g/mol. The molecule has 0 saturated carbocycles. The van der Waals surface area contributed by atoms with E-state index in [2.05, 4.69) is 26.0 Å². The van der Waals surface area contributed by atoms with Gasteiger partial charge < -0.3 is 19.1 Å². The molecular formula is C23H20BrF2N5O3. The molecule has 1 N–H and O–H groups in total. The highest BCUT2D eigenvalue weighted by Crippen LogP contribution is 2.33. The third-order valence-electron chi connectivity index (χ3n) is 5.79. The zero-order valence-electron chi connectivity index (χ0n) is 18.1. The number of imidazole rings is 1. The van der Waals surface area contributed by atoms with Crippen molar-refractivity contribution in [2.24, 2.45) is 0 Å². The maximum Gasteiger partial charge on any atom is 0.407 e. The van der Waals surface area contributed by atoms with Crippen LogP contribution < -0.4 is 0 Å². The summed E-state index contributed by atoms with van der Waals surface area (Å²) in [4.78, 5) is 17.3. The number of nitrogens with zero attached hydrogens (tertiary/aromatic N) is 5. The van der Waals surface area contributed by atoms with E-state index in [9.17, 15) is 9.90 Å². The Hall–Kier alpha value is -3.31. The summed E-state index contributed by atoms with van der Waals surface area (Å²) < 4.78 is 40.3. The summed E-state index contributed by atoms with van der Waals surface area (Å²) in [5, 5.41) is 13.4. The average molecular weight is 532 g/mol. The number of fused-ring (bicyclic) bond motifs is 1. The first kappa shape index (κ1) is 22.5. The van der Waals surface area contributed by atoms with Crippen LogP contribution in [0.25, 0.3) is 22.6 Å². The van der Waals surface area contributed by atoms with Crippen molar-refractivity contribution in [3.63, 3.8) is 0 Å². The van der Waals surface area contributed by atoms with E-state index in [1.165, 1.54) is 27.9 Å². The van der Waals surface area contributed by atoms with Crippen molar-refractivity contribution in [3.05, 3.63) is 70.2 Å². The summed E-state index contributed by atoms with van der Waals surface area (Å²) in [7, 11) is 0. The molecule has 4 aromatic rings. The van der Waals surface area contributed by atoms with Crippen molar-refractivity contribution in [2.45, 2.75) is 19.4 Å². The maximum atomic E-state index is 15.4. The van der Waals surface area contributed by atoms with Gasteiger partial charge >= 0.3 is 6.09 Å². The Morgan fingerprint density at radius 2 is 2.06 bits per heavy atom. The number of carboxylic acid groups (broad SMARTS) is 1. The summed E-state index contributed by atoms with van der Waals surface area (Å²) in [6, 6.07) is 6.11. The van der Waals surface area contributed by atoms with Crippen molar-refractivity contribution in [1.29, 1.82) is 0 Å². The van der Waals surface area contributed by atoms with Crippen molar-refractivity contribution >= 4 is 27.7 Å². The van der Waals surface area contributed by atoms with E-state index >= 15 is 8.78 Å². The van der Waals surface area contributed by atoms with E-state index in [-0.39, 0.29) is 43.1 Å². The summed E-state index contributed by atoms with van der Waals surface area (Å²) >= 11 is 3.28. The first-order chi connectivity index (χ1) is 16.3. The minimum absolute atomic E-state index is 0.157. The zero-order chi connectivity index (χ0) is 24.0. The van der Waals surface area contributed by atoms with Crippen LogP contribution in [-0.2, 0) is 11.2 Å². The lowest BCUT2D eigenvalue weighted by Crippen LogP contribution is -2.45. The molecule has 4 heterocycles. The highest BCUT2D eigenvalue weighted by Gasteiger charge is 2.28.